The zero-order valence-corrected chi connectivity index (χ0v) is 29.5. The van der Waals surface area contributed by atoms with E-state index in [2.05, 4.69) is 174 Å². The first-order valence-electron chi connectivity index (χ1n) is 18.1. The molecule has 9 rings (SSSR count). The van der Waals surface area contributed by atoms with Crippen molar-refractivity contribution in [3.8, 4) is 89.3 Å². The van der Waals surface area contributed by atoms with E-state index in [1.165, 1.54) is 44.5 Å². The molecule has 0 bridgehead atoms. The van der Waals surface area contributed by atoms with Gasteiger partial charge in [-0.1, -0.05) is 121 Å². The van der Waals surface area contributed by atoms with E-state index >= 15 is 0 Å². The number of aromatic nitrogens is 3. The highest BCUT2D eigenvalue weighted by Gasteiger charge is 2.12. The van der Waals surface area contributed by atoms with Crippen molar-refractivity contribution < 1.29 is 0 Å². The molecule has 254 valence electrons. The van der Waals surface area contributed by atoms with E-state index in [0.29, 0.717) is 0 Å². The fourth-order valence-electron chi connectivity index (χ4n) is 7.04. The Labute approximate surface area is 316 Å². The third-order valence-corrected chi connectivity index (χ3v) is 9.87. The third-order valence-electron chi connectivity index (χ3n) is 9.87. The van der Waals surface area contributed by atoms with E-state index in [1.807, 2.05) is 49.1 Å². The second-order valence-electron chi connectivity index (χ2n) is 13.4. The third kappa shape index (κ3) is 6.99. The van der Waals surface area contributed by atoms with Gasteiger partial charge < -0.3 is 0 Å². The first-order valence-corrected chi connectivity index (χ1v) is 18.1. The maximum absolute atomic E-state index is 5.04. The Morgan fingerprint density at radius 3 is 0.907 bits per heavy atom. The van der Waals surface area contributed by atoms with Crippen LogP contribution in [0.2, 0.25) is 0 Å². The predicted octanol–water partition coefficient (Wildman–Crippen LogP) is 13.2. The van der Waals surface area contributed by atoms with Gasteiger partial charge >= 0.3 is 0 Å². The molecule has 3 heteroatoms. The van der Waals surface area contributed by atoms with Crippen LogP contribution in [0.25, 0.3) is 89.3 Å². The van der Waals surface area contributed by atoms with Crippen LogP contribution >= 0.6 is 0 Å². The van der Waals surface area contributed by atoms with Crippen LogP contribution in [0.15, 0.2) is 213 Å². The lowest BCUT2D eigenvalue weighted by molar-refractivity contribution is 1.27. The maximum atomic E-state index is 5.04. The molecule has 0 aliphatic heterocycles. The highest BCUT2D eigenvalue weighted by molar-refractivity contribution is 5.85. The summed E-state index contributed by atoms with van der Waals surface area (Å²) >= 11 is 0. The summed E-state index contributed by atoms with van der Waals surface area (Å²) in [6.07, 6.45) is 7.23. The average Bonchev–Trinajstić information content (AvgIpc) is 3.27. The number of hydrogen-bond acceptors (Lipinski definition) is 3. The minimum absolute atomic E-state index is 0.901. The Morgan fingerprint density at radius 2 is 0.500 bits per heavy atom. The largest absolute Gasteiger partial charge is 0.265 e. The second kappa shape index (κ2) is 14.8. The molecule has 0 aliphatic rings. The summed E-state index contributed by atoms with van der Waals surface area (Å²) in [7, 11) is 0. The SMILES string of the molecule is c1ccc(-c2cccc(-c3cc(-c4ccc(-c5cc(-c6ccncc6)nc(-c6ccncc6)c5)cc4)cc(-c4cccc(-c5ccccc5)c4)c3)c2)cc1. The standard InChI is InChI=1S/C51H35N3/c1-3-9-36(10-4-1)42-13-7-15-44(29-42)47-31-46(32-48(33-47)45-16-8-14-43(30-45)37-11-5-2-6-12-37)38-17-19-39(20-18-38)49-34-50(40-21-25-52-26-22-40)54-51(35-49)41-23-27-53-28-24-41/h1-35H. The molecule has 0 amide bonds. The van der Waals surface area contributed by atoms with Crippen LogP contribution in [0.1, 0.15) is 0 Å². The van der Waals surface area contributed by atoms with Gasteiger partial charge in [-0.2, -0.15) is 0 Å². The molecule has 3 aromatic heterocycles. The van der Waals surface area contributed by atoms with Crippen LogP contribution < -0.4 is 0 Å². The van der Waals surface area contributed by atoms with Crippen molar-refractivity contribution in [2.45, 2.75) is 0 Å². The molecule has 54 heavy (non-hydrogen) atoms. The van der Waals surface area contributed by atoms with Crippen molar-refractivity contribution in [2.24, 2.45) is 0 Å². The van der Waals surface area contributed by atoms with Crippen LogP contribution in [0.5, 0.6) is 0 Å². The lowest BCUT2D eigenvalue weighted by Crippen LogP contribution is -1.92. The summed E-state index contributed by atoms with van der Waals surface area (Å²) in [6, 6.07) is 67.1. The molecule has 0 N–H and O–H groups in total. The van der Waals surface area contributed by atoms with E-state index in [1.54, 1.807) is 0 Å². The van der Waals surface area contributed by atoms with Gasteiger partial charge in [0, 0.05) is 35.9 Å². The summed E-state index contributed by atoms with van der Waals surface area (Å²) in [5.74, 6) is 0. The predicted molar refractivity (Wildman–Crippen MR) is 223 cm³/mol. The highest BCUT2D eigenvalue weighted by atomic mass is 14.7. The fraction of sp³-hybridized carbons (Fsp3) is 0. The molecule has 0 aliphatic carbocycles. The molecule has 0 atom stereocenters. The molecule has 0 saturated carbocycles. The van der Waals surface area contributed by atoms with Gasteiger partial charge in [-0.05, 0) is 133 Å². The van der Waals surface area contributed by atoms with E-state index < -0.39 is 0 Å². The van der Waals surface area contributed by atoms with Gasteiger partial charge in [-0.3, -0.25) is 9.97 Å². The van der Waals surface area contributed by atoms with Gasteiger partial charge in [0.25, 0.3) is 0 Å². The van der Waals surface area contributed by atoms with Crippen molar-refractivity contribution in [3.63, 3.8) is 0 Å². The van der Waals surface area contributed by atoms with Crippen LogP contribution in [-0.4, -0.2) is 15.0 Å². The molecular formula is C51H35N3. The van der Waals surface area contributed by atoms with Crippen molar-refractivity contribution in [3.05, 3.63) is 213 Å². The highest BCUT2D eigenvalue weighted by Crippen LogP contribution is 2.37. The molecular weight excluding hydrogens is 655 g/mol. The summed E-state index contributed by atoms with van der Waals surface area (Å²) in [5.41, 5.74) is 17.9. The van der Waals surface area contributed by atoms with Gasteiger partial charge in [0.05, 0.1) is 11.4 Å². The minimum atomic E-state index is 0.901. The van der Waals surface area contributed by atoms with Crippen molar-refractivity contribution in [2.75, 3.05) is 0 Å². The molecule has 0 fully saturated rings. The zero-order valence-electron chi connectivity index (χ0n) is 29.5. The van der Waals surface area contributed by atoms with Gasteiger partial charge in [0.15, 0.2) is 0 Å². The second-order valence-corrected chi connectivity index (χ2v) is 13.4. The van der Waals surface area contributed by atoms with Gasteiger partial charge in [-0.25, -0.2) is 4.98 Å². The molecule has 6 aromatic carbocycles. The van der Waals surface area contributed by atoms with Crippen LogP contribution in [-0.2, 0) is 0 Å². The summed E-state index contributed by atoms with van der Waals surface area (Å²) < 4.78 is 0. The van der Waals surface area contributed by atoms with E-state index in [4.69, 9.17) is 4.98 Å². The minimum Gasteiger partial charge on any atom is -0.265 e. The number of benzene rings is 6. The van der Waals surface area contributed by atoms with Gasteiger partial charge in [0.2, 0.25) is 0 Å². The van der Waals surface area contributed by atoms with Gasteiger partial charge in [-0.15, -0.1) is 0 Å². The van der Waals surface area contributed by atoms with E-state index in [9.17, 15) is 0 Å². The summed E-state index contributed by atoms with van der Waals surface area (Å²) in [5, 5.41) is 0. The Morgan fingerprint density at radius 1 is 0.204 bits per heavy atom. The smallest absolute Gasteiger partial charge is 0.0716 e. The number of nitrogens with zero attached hydrogens (tertiary/aromatic N) is 3. The monoisotopic (exact) mass is 689 g/mol. The van der Waals surface area contributed by atoms with E-state index in [0.717, 1.165) is 44.8 Å². The number of hydrogen-bond donors (Lipinski definition) is 0. The first kappa shape index (κ1) is 32.7. The first-order chi connectivity index (χ1) is 26.7. The molecule has 0 saturated heterocycles. The maximum Gasteiger partial charge on any atom is 0.0716 e. The Bertz CT molecular complexity index is 2510. The van der Waals surface area contributed by atoms with Crippen molar-refractivity contribution in [1.82, 2.24) is 15.0 Å². The lowest BCUT2D eigenvalue weighted by Gasteiger charge is -2.14. The van der Waals surface area contributed by atoms with Gasteiger partial charge in [0.1, 0.15) is 0 Å². The normalized spacial score (nSPS) is 11.0. The average molecular weight is 690 g/mol. The molecule has 0 spiro atoms. The molecule has 3 heterocycles. The topological polar surface area (TPSA) is 38.7 Å². The summed E-state index contributed by atoms with van der Waals surface area (Å²) in [6.45, 7) is 0. The Kier molecular flexibility index (Phi) is 8.94. The van der Waals surface area contributed by atoms with Crippen molar-refractivity contribution in [1.29, 1.82) is 0 Å². The molecule has 9 aromatic rings. The molecule has 0 radical (unpaired) electrons. The Hall–Kier alpha value is -7.23. The fourth-order valence-corrected chi connectivity index (χ4v) is 7.04. The quantitative estimate of drug-likeness (QED) is 0.159. The zero-order chi connectivity index (χ0) is 36.1. The van der Waals surface area contributed by atoms with E-state index in [-0.39, 0.29) is 0 Å². The Balaban J connectivity index is 1.14. The van der Waals surface area contributed by atoms with Crippen LogP contribution in [0, 0.1) is 0 Å². The molecule has 0 unspecified atom stereocenters. The van der Waals surface area contributed by atoms with Crippen LogP contribution in [0.4, 0.5) is 0 Å². The number of rotatable bonds is 8. The lowest BCUT2D eigenvalue weighted by atomic mass is 9.90. The number of pyridine rings is 3. The molecule has 3 nitrogen and oxygen atoms in total. The summed E-state index contributed by atoms with van der Waals surface area (Å²) in [4.78, 5) is 13.5. The van der Waals surface area contributed by atoms with Crippen LogP contribution in [0.3, 0.4) is 0 Å². The van der Waals surface area contributed by atoms with Crippen molar-refractivity contribution >= 4 is 0 Å².